The second-order valence-corrected chi connectivity index (χ2v) is 6.22. The van der Waals surface area contributed by atoms with E-state index in [2.05, 4.69) is 24.1 Å². The molecule has 0 aromatic rings. The summed E-state index contributed by atoms with van der Waals surface area (Å²) in [4.78, 5) is 2.61. The fourth-order valence-corrected chi connectivity index (χ4v) is 3.30. The van der Waals surface area contributed by atoms with Crippen molar-refractivity contribution < 1.29 is 5.11 Å². The van der Waals surface area contributed by atoms with Gasteiger partial charge in [0, 0.05) is 5.54 Å². The van der Waals surface area contributed by atoms with E-state index in [1.54, 1.807) is 0 Å². The third kappa shape index (κ3) is 5.41. The maximum absolute atomic E-state index is 9.53. The number of nitrogens with zero attached hydrogens (tertiary/aromatic N) is 1. The minimum absolute atomic E-state index is 0.0550. The monoisotopic (exact) mass is 270 g/mol. The molecule has 1 rings (SSSR count). The highest BCUT2D eigenvalue weighted by molar-refractivity contribution is 4.85. The van der Waals surface area contributed by atoms with Crippen LogP contribution in [0, 0.1) is 5.92 Å². The van der Waals surface area contributed by atoms with Gasteiger partial charge < -0.3 is 15.3 Å². The van der Waals surface area contributed by atoms with Crippen LogP contribution in [0.2, 0.25) is 0 Å². The van der Waals surface area contributed by atoms with Crippen LogP contribution in [0.5, 0.6) is 0 Å². The van der Waals surface area contributed by atoms with E-state index in [4.69, 9.17) is 0 Å². The average Bonchev–Trinajstić information content (AvgIpc) is 2.46. The topological polar surface area (TPSA) is 35.5 Å². The van der Waals surface area contributed by atoms with Gasteiger partial charge in [-0.1, -0.05) is 26.7 Å². The van der Waals surface area contributed by atoms with E-state index in [0.717, 1.165) is 18.8 Å². The molecule has 1 aliphatic rings. The van der Waals surface area contributed by atoms with Gasteiger partial charge in [0.25, 0.3) is 0 Å². The minimum Gasteiger partial charge on any atom is -0.394 e. The molecule has 19 heavy (non-hydrogen) atoms. The molecule has 1 heterocycles. The number of rotatable bonds is 9. The van der Waals surface area contributed by atoms with Gasteiger partial charge in [0.15, 0.2) is 0 Å². The van der Waals surface area contributed by atoms with Gasteiger partial charge in [-0.25, -0.2) is 0 Å². The molecule has 0 bridgehead atoms. The maximum atomic E-state index is 9.53. The van der Waals surface area contributed by atoms with Crippen LogP contribution >= 0.6 is 0 Å². The summed E-state index contributed by atoms with van der Waals surface area (Å²) < 4.78 is 0. The second-order valence-electron chi connectivity index (χ2n) is 6.22. The lowest BCUT2D eigenvalue weighted by molar-refractivity contribution is 0.135. The van der Waals surface area contributed by atoms with Gasteiger partial charge >= 0.3 is 0 Å². The third-order valence-electron chi connectivity index (χ3n) is 5.04. The standard InChI is InChI=1S/C16H34N2O/c1-4-7-15-8-12-18(13-9-15)11-6-10-16(5-2,14-19)17-3/h15,17,19H,4-14H2,1-3H3. The average molecular weight is 270 g/mol. The van der Waals surface area contributed by atoms with Crippen LogP contribution in [-0.2, 0) is 0 Å². The molecule has 3 heteroatoms. The van der Waals surface area contributed by atoms with Crippen molar-refractivity contribution in [3.05, 3.63) is 0 Å². The highest BCUT2D eigenvalue weighted by Gasteiger charge is 2.25. The van der Waals surface area contributed by atoms with Gasteiger partial charge in [0.1, 0.15) is 0 Å². The molecule has 3 nitrogen and oxygen atoms in total. The highest BCUT2D eigenvalue weighted by Crippen LogP contribution is 2.23. The lowest BCUT2D eigenvalue weighted by atomic mass is 9.90. The molecule has 0 aromatic carbocycles. The van der Waals surface area contributed by atoms with E-state index in [-0.39, 0.29) is 12.1 Å². The Kier molecular flexibility index (Phi) is 7.96. The summed E-state index contributed by atoms with van der Waals surface area (Å²) in [6, 6.07) is 0. The van der Waals surface area contributed by atoms with E-state index in [1.165, 1.54) is 51.7 Å². The number of hydrogen-bond acceptors (Lipinski definition) is 3. The molecular formula is C16H34N2O. The van der Waals surface area contributed by atoms with Crippen LogP contribution in [0.1, 0.15) is 58.8 Å². The predicted octanol–water partition coefficient (Wildman–Crippen LogP) is 2.64. The number of aliphatic hydroxyl groups excluding tert-OH is 1. The van der Waals surface area contributed by atoms with Crippen molar-refractivity contribution >= 4 is 0 Å². The van der Waals surface area contributed by atoms with Gasteiger partial charge in [-0.3, -0.25) is 0 Å². The lowest BCUT2D eigenvalue weighted by Gasteiger charge is -2.34. The number of hydrogen-bond donors (Lipinski definition) is 2. The molecule has 1 atom stereocenters. The van der Waals surface area contributed by atoms with Crippen molar-refractivity contribution in [3.8, 4) is 0 Å². The first-order chi connectivity index (χ1) is 9.19. The maximum Gasteiger partial charge on any atom is 0.0613 e. The Balaban J connectivity index is 2.20. The lowest BCUT2D eigenvalue weighted by Crippen LogP contribution is -2.46. The first kappa shape index (κ1) is 16.9. The molecule has 1 unspecified atom stereocenters. The molecule has 0 radical (unpaired) electrons. The Hall–Kier alpha value is -0.120. The van der Waals surface area contributed by atoms with Gasteiger partial charge in [-0.15, -0.1) is 0 Å². The summed E-state index contributed by atoms with van der Waals surface area (Å²) in [5, 5.41) is 12.8. The van der Waals surface area contributed by atoms with Crippen molar-refractivity contribution in [2.45, 2.75) is 64.3 Å². The first-order valence-corrected chi connectivity index (χ1v) is 8.21. The van der Waals surface area contributed by atoms with Gasteiger partial charge in [-0.05, 0) is 64.7 Å². The summed E-state index contributed by atoms with van der Waals surface area (Å²) in [6.07, 6.45) is 8.79. The number of likely N-dealkylation sites (N-methyl/N-ethyl adjacent to an activating group) is 1. The molecule has 0 saturated carbocycles. The van der Waals surface area contributed by atoms with Gasteiger partial charge in [-0.2, -0.15) is 0 Å². The summed E-state index contributed by atoms with van der Waals surface area (Å²) in [7, 11) is 1.97. The Bertz CT molecular complexity index is 213. The molecule has 114 valence electrons. The van der Waals surface area contributed by atoms with Crippen molar-refractivity contribution in [2.24, 2.45) is 5.92 Å². The van der Waals surface area contributed by atoms with Crippen LogP contribution in [0.4, 0.5) is 0 Å². The smallest absolute Gasteiger partial charge is 0.0613 e. The van der Waals surface area contributed by atoms with Gasteiger partial charge in [0.2, 0.25) is 0 Å². The number of likely N-dealkylation sites (tertiary alicyclic amines) is 1. The van der Waals surface area contributed by atoms with E-state index < -0.39 is 0 Å². The second kappa shape index (κ2) is 8.93. The number of aliphatic hydroxyl groups is 1. The fraction of sp³-hybridized carbons (Fsp3) is 1.00. The number of nitrogens with one attached hydrogen (secondary N) is 1. The molecule has 1 saturated heterocycles. The molecule has 0 aliphatic carbocycles. The summed E-state index contributed by atoms with van der Waals surface area (Å²) in [5.41, 5.74) is -0.0550. The zero-order valence-electron chi connectivity index (χ0n) is 13.2. The fourth-order valence-electron chi connectivity index (χ4n) is 3.30. The Labute approximate surface area is 119 Å². The molecule has 2 N–H and O–H groups in total. The van der Waals surface area contributed by atoms with E-state index in [1.807, 2.05) is 7.05 Å². The van der Waals surface area contributed by atoms with Crippen LogP contribution in [0.3, 0.4) is 0 Å². The van der Waals surface area contributed by atoms with Crippen LogP contribution in [0.25, 0.3) is 0 Å². The van der Waals surface area contributed by atoms with Crippen LogP contribution in [-0.4, -0.2) is 48.8 Å². The van der Waals surface area contributed by atoms with Crippen molar-refractivity contribution in [2.75, 3.05) is 33.3 Å². The molecule has 1 fully saturated rings. The zero-order valence-corrected chi connectivity index (χ0v) is 13.2. The van der Waals surface area contributed by atoms with E-state index >= 15 is 0 Å². The zero-order chi connectivity index (χ0) is 14.1. The highest BCUT2D eigenvalue weighted by atomic mass is 16.3. The molecule has 0 aromatic heterocycles. The quantitative estimate of drug-likeness (QED) is 0.676. The SMILES string of the molecule is CCCC1CCN(CCCC(CC)(CO)NC)CC1. The third-order valence-corrected chi connectivity index (χ3v) is 5.04. The van der Waals surface area contributed by atoms with E-state index in [0.29, 0.717) is 0 Å². The summed E-state index contributed by atoms with van der Waals surface area (Å²) >= 11 is 0. The number of piperidine rings is 1. The van der Waals surface area contributed by atoms with Gasteiger partial charge in [0.05, 0.1) is 6.61 Å². The summed E-state index contributed by atoms with van der Waals surface area (Å²) in [6.45, 7) is 8.46. The Morgan fingerprint density at radius 1 is 1.26 bits per heavy atom. The van der Waals surface area contributed by atoms with Crippen molar-refractivity contribution in [1.82, 2.24) is 10.2 Å². The van der Waals surface area contributed by atoms with Crippen molar-refractivity contribution in [3.63, 3.8) is 0 Å². The normalized spacial score (nSPS) is 21.5. The first-order valence-electron chi connectivity index (χ1n) is 8.21. The largest absolute Gasteiger partial charge is 0.394 e. The molecule has 0 spiro atoms. The summed E-state index contributed by atoms with van der Waals surface area (Å²) in [5.74, 6) is 0.978. The van der Waals surface area contributed by atoms with Crippen LogP contribution < -0.4 is 5.32 Å². The predicted molar refractivity (Wildman–Crippen MR) is 82.5 cm³/mol. The minimum atomic E-state index is -0.0550. The molecule has 1 aliphatic heterocycles. The Morgan fingerprint density at radius 2 is 1.95 bits per heavy atom. The molecular weight excluding hydrogens is 236 g/mol. The van der Waals surface area contributed by atoms with Crippen LogP contribution in [0.15, 0.2) is 0 Å². The van der Waals surface area contributed by atoms with Crippen molar-refractivity contribution in [1.29, 1.82) is 0 Å². The van der Waals surface area contributed by atoms with E-state index in [9.17, 15) is 5.11 Å². The Morgan fingerprint density at radius 3 is 2.42 bits per heavy atom. The molecule has 0 amide bonds.